The highest BCUT2D eigenvalue weighted by Gasteiger charge is 2.36. The Bertz CT molecular complexity index is 1310. The number of pyridine rings is 1. The molecule has 4 heterocycles. The summed E-state index contributed by atoms with van der Waals surface area (Å²) in [4.78, 5) is 46.2. The number of piperidine rings is 1. The van der Waals surface area contributed by atoms with Crippen molar-refractivity contribution in [1.82, 2.24) is 25.4 Å². The molecule has 1 unspecified atom stereocenters. The SMILES string of the molecule is COc1cc(-c2cc(C(=O)N3CCC(C(=O)NC4CCN(c5ccccc5)C4=O)CC3)n[nH]2)c(Cl)cn1. The van der Waals surface area contributed by atoms with Gasteiger partial charge in [-0.3, -0.25) is 19.5 Å². The third kappa shape index (κ3) is 5.15. The van der Waals surface area contributed by atoms with Gasteiger partial charge < -0.3 is 19.9 Å². The van der Waals surface area contributed by atoms with Crippen molar-refractivity contribution in [3.8, 4) is 17.1 Å². The Morgan fingerprint density at radius 3 is 2.59 bits per heavy atom. The third-order valence-corrected chi connectivity index (χ3v) is 7.17. The average molecular weight is 523 g/mol. The van der Waals surface area contributed by atoms with Crippen LogP contribution in [0.1, 0.15) is 29.8 Å². The van der Waals surface area contributed by atoms with Gasteiger partial charge in [0.25, 0.3) is 5.91 Å². The molecule has 10 nitrogen and oxygen atoms in total. The second kappa shape index (κ2) is 10.6. The van der Waals surface area contributed by atoms with E-state index in [4.69, 9.17) is 16.3 Å². The Morgan fingerprint density at radius 2 is 1.86 bits per heavy atom. The maximum Gasteiger partial charge on any atom is 0.274 e. The summed E-state index contributed by atoms with van der Waals surface area (Å²) in [5.41, 5.74) is 2.31. The maximum atomic E-state index is 13.0. The van der Waals surface area contributed by atoms with Crippen LogP contribution in [0.25, 0.3) is 11.3 Å². The number of halogens is 1. The van der Waals surface area contributed by atoms with Gasteiger partial charge in [-0.1, -0.05) is 29.8 Å². The fourth-order valence-corrected chi connectivity index (χ4v) is 4.99. The molecule has 0 aliphatic carbocycles. The fourth-order valence-electron chi connectivity index (χ4n) is 4.78. The highest BCUT2D eigenvalue weighted by Crippen LogP contribution is 2.29. The Morgan fingerprint density at radius 1 is 1.11 bits per heavy atom. The van der Waals surface area contributed by atoms with Gasteiger partial charge in [-0.25, -0.2) is 4.98 Å². The molecule has 0 saturated carbocycles. The van der Waals surface area contributed by atoms with E-state index in [-0.39, 0.29) is 29.3 Å². The molecular weight excluding hydrogens is 496 g/mol. The van der Waals surface area contributed by atoms with E-state index < -0.39 is 6.04 Å². The molecule has 2 aliphatic rings. The molecule has 0 radical (unpaired) electrons. The van der Waals surface area contributed by atoms with Crippen LogP contribution < -0.4 is 15.0 Å². The third-order valence-electron chi connectivity index (χ3n) is 6.87. The fraction of sp³-hybridized carbons (Fsp3) is 0.346. The van der Waals surface area contributed by atoms with Crippen molar-refractivity contribution in [3.63, 3.8) is 0 Å². The lowest BCUT2D eigenvalue weighted by molar-refractivity contribution is -0.130. The van der Waals surface area contributed by atoms with Gasteiger partial charge in [0, 0.05) is 42.9 Å². The Labute approximate surface area is 219 Å². The number of nitrogens with zero attached hydrogens (tertiary/aromatic N) is 4. The molecule has 2 aromatic heterocycles. The Kier molecular flexibility index (Phi) is 7.09. The minimum absolute atomic E-state index is 0.0894. The number of carbonyl (C=O) groups excluding carboxylic acids is 3. The Balaban J connectivity index is 1.15. The quantitative estimate of drug-likeness (QED) is 0.513. The van der Waals surface area contributed by atoms with Gasteiger partial charge in [-0.05, 0) is 37.5 Å². The van der Waals surface area contributed by atoms with Crippen molar-refractivity contribution in [2.24, 2.45) is 5.92 Å². The van der Waals surface area contributed by atoms with Crippen molar-refractivity contribution < 1.29 is 19.1 Å². The van der Waals surface area contributed by atoms with E-state index in [9.17, 15) is 14.4 Å². The molecule has 2 fully saturated rings. The van der Waals surface area contributed by atoms with Gasteiger partial charge in [0.05, 0.1) is 24.0 Å². The van der Waals surface area contributed by atoms with Crippen LogP contribution in [0.3, 0.4) is 0 Å². The molecule has 192 valence electrons. The number of ether oxygens (including phenoxy) is 1. The van der Waals surface area contributed by atoms with Crippen molar-refractivity contribution in [2.75, 3.05) is 31.6 Å². The first-order valence-electron chi connectivity index (χ1n) is 12.2. The van der Waals surface area contributed by atoms with E-state index >= 15 is 0 Å². The molecule has 3 aromatic rings. The number of methoxy groups -OCH3 is 1. The largest absolute Gasteiger partial charge is 0.481 e. The van der Waals surface area contributed by atoms with Gasteiger partial charge in [0.1, 0.15) is 6.04 Å². The van der Waals surface area contributed by atoms with E-state index in [2.05, 4.69) is 20.5 Å². The Hall–Kier alpha value is -3.92. The summed E-state index contributed by atoms with van der Waals surface area (Å²) in [5, 5.41) is 10.4. The van der Waals surface area contributed by atoms with E-state index in [0.29, 0.717) is 61.1 Å². The predicted molar refractivity (Wildman–Crippen MR) is 137 cm³/mol. The van der Waals surface area contributed by atoms with Crippen LogP contribution in [0.5, 0.6) is 5.88 Å². The lowest BCUT2D eigenvalue weighted by Gasteiger charge is -2.31. The van der Waals surface area contributed by atoms with Gasteiger partial charge >= 0.3 is 0 Å². The van der Waals surface area contributed by atoms with Crippen molar-refractivity contribution in [2.45, 2.75) is 25.3 Å². The zero-order valence-corrected chi connectivity index (χ0v) is 21.1. The van der Waals surface area contributed by atoms with Crippen LogP contribution in [0.4, 0.5) is 5.69 Å². The first kappa shape index (κ1) is 24.8. The molecule has 37 heavy (non-hydrogen) atoms. The smallest absolute Gasteiger partial charge is 0.274 e. The minimum Gasteiger partial charge on any atom is -0.481 e. The summed E-state index contributed by atoms with van der Waals surface area (Å²) in [6.07, 6.45) is 3.09. The lowest BCUT2D eigenvalue weighted by Crippen LogP contribution is -2.47. The number of aromatic nitrogens is 3. The number of hydrogen-bond acceptors (Lipinski definition) is 6. The molecule has 1 atom stereocenters. The predicted octanol–water partition coefficient (Wildman–Crippen LogP) is 2.91. The highest BCUT2D eigenvalue weighted by molar-refractivity contribution is 6.33. The summed E-state index contributed by atoms with van der Waals surface area (Å²) in [6, 6.07) is 12.2. The molecular formula is C26H27ClN6O4. The minimum atomic E-state index is -0.520. The number of carbonyl (C=O) groups is 3. The van der Waals surface area contributed by atoms with Crippen LogP contribution in [-0.2, 0) is 9.59 Å². The van der Waals surface area contributed by atoms with Crippen LogP contribution in [-0.4, -0.2) is 70.6 Å². The molecule has 1 aromatic carbocycles. The summed E-state index contributed by atoms with van der Waals surface area (Å²) in [5.74, 6) is -0.296. The van der Waals surface area contributed by atoms with E-state index in [1.807, 2.05) is 30.3 Å². The molecule has 3 amide bonds. The normalized spacial score (nSPS) is 18.2. The van der Waals surface area contributed by atoms with Crippen molar-refractivity contribution in [3.05, 3.63) is 59.4 Å². The number of amides is 3. The van der Waals surface area contributed by atoms with Crippen LogP contribution in [0.2, 0.25) is 5.02 Å². The maximum absolute atomic E-state index is 13.0. The molecule has 2 N–H and O–H groups in total. The van der Waals surface area contributed by atoms with Crippen LogP contribution in [0, 0.1) is 5.92 Å². The standard InChI is InChI=1S/C26H27ClN6O4/c1-37-23-13-18(19(27)15-28-23)21-14-22(31-30-21)25(35)32-10-7-16(8-11-32)24(34)29-20-9-12-33(26(20)36)17-5-3-2-4-6-17/h2-6,13-16,20H,7-12H2,1H3,(H,29,34)(H,30,31). The summed E-state index contributed by atoms with van der Waals surface area (Å²) >= 11 is 6.26. The van der Waals surface area contributed by atoms with Gasteiger partial charge in [-0.15, -0.1) is 0 Å². The molecule has 2 saturated heterocycles. The summed E-state index contributed by atoms with van der Waals surface area (Å²) < 4.78 is 5.15. The van der Waals surface area contributed by atoms with E-state index in [1.54, 1.807) is 21.9 Å². The zero-order chi connectivity index (χ0) is 25.9. The van der Waals surface area contributed by atoms with Crippen LogP contribution >= 0.6 is 11.6 Å². The highest BCUT2D eigenvalue weighted by atomic mass is 35.5. The lowest BCUT2D eigenvalue weighted by atomic mass is 9.95. The first-order chi connectivity index (χ1) is 17.9. The van der Waals surface area contributed by atoms with E-state index in [0.717, 1.165) is 5.69 Å². The van der Waals surface area contributed by atoms with Crippen molar-refractivity contribution >= 4 is 35.0 Å². The molecule has 5 rings (SSSR count). The number of benzene rings is 1. The number of H-pyrrole nitrogens is 1. The number of likely N-dealkylation sites (tertiary alicyclic amines) is 1. The number of aromatic amines is 1. The number of hydrogen-bond donors (Lipinski definition) is 2. The number of rotatable bonds is 6. The number of anilines is 1. The van der Waals surface area contributed by atoms with E-state index in [1.165, 1.54) is 13.3 Å². The van der Waals surface area contributed by atoms with Crippen molar-refractivity contribution in [1.29, 1.82) is 0 Å². The zero-order valence-electron chi connectivity index (χ0n) is 20.3. The first-order valence-corrected chi connectivity index (χ1v) is 12.5. The van der Waals surface area contributed by atoms with Gasteiger partial charge in [0.15, 0.2) is 5.69 Å². The number of nitrogens with one attached hydrogen (secondary N) is 2. The monoisotopic (exact) mass is 522 g/mol. The summed E-state index contributed by atoms with van der Waals surface area (Å²) in [7, 11) is 1.51. The molecule has 2 aliphatic heterocycles. The summed E-state index contributed by atoms with van der Waals surface area (Å²) in [6.45, 7) is 1.43. The topological polar surface area (TPSA) is 121 Å². The number of para-hydroxylation sites is 1. The molecule has 0 spiro atoms. The second-order valence-corrected chi connectivity index (χ2v) is 9.52. The average Bonchev–Trinajstić information content (AvgIpc) is 3.56. The van der Waals surface area contributed by atoms with Gasteiger partial charge in [0.2, 0.25) is 17.7 Å². The van der Waals surface area contributed by atoms with Crippen LogP contribution in [0.15, 0.2) is 48.7 Å². The van der Waals surface area contributed by atoms with Gasteiger partial charge in [-0.2, -0.15) is 5.10 Å². The molecule has 11 heteroatoms. The molecule has 0 bridgehead atoms. The second-order valence-electron chi connectivity index (χ2n) is 9.12.